The summed E-state index contributed by atoms with van der Waals surface area (Å²) in [7, 11) is -3.16. The Morgan fingerprint density at radius 3 is 2.62 bits per heavy atom. The van der Waals surface area contributed by atoms with Crippen LogP contribution in [0.1, 0.15) is 38.2 Å². The minimum atomic E-state index is -3.16. The van der Waals surface area contributed by atoms with Crippen molar-refractivity contribution in [3.05, 3.63) is 35.9 Å². The van der Waals surface area contributed by atoms with E-state index in [0.717, 1.165) is 38.4 Å². The number of guanidine groups is 1. The Morgan fingerprint density at radius 2 is 2.00 bits per heavy atom. The van der Waals surface area contributed by atoms with E-state index in [-0.39, 0.29) is 0 Å². The second kappa shape index (κ2) is 9.92. The lowest BCUT2D eigenvalue weighted by Crippen LogP contribution is -2.48. The van der Waals surface area contributed by atoms with Crippen molar-refractivity contribution in [1.29, 1.82) is 0 Å². The van der Waals surface area contributed by atoms with Crippen molar-refractivity contribution in [1.82, 2.24) is 14.9 Å². The number of hydrogen-bond acceptors (Lipinski definition) is 3. The topological polar surface area (TPSA) is 73.8 Å². The van der Waals surface area contributed by atoms with E-state index in [1.807, 2.05) is 0 Å². The molecule has 1 aliphatic rings. The quantitative estimate of drug-likeness (QED) is 0.431. The number of rotatable bonds is 7. The van der Waals surface area contributed by atoms with Gasteiger partial charge in [0.1, 0.15) is 0 Å². The molecule has 1 aromatic carbocycles. The van der Waals surface area contributed by atoms with Crippen molar-refractivity contribution in [2.24, 2.45) is 10.9 Å². The van der Waals surface area contributed by atoms with E-state index in [0.29, 0.717) is 24.9 Å². The Labute approximate surface area is 158 Å². The molecule has 0 spiro atoms. The van der Waals surface area contributed by atoms with Crippen LogP contribution in [0.15, 0.2) is 35.3 Å². The summed E-state index contributed by atoms with van der Waals surface area (Å²) in [6.45, 7) is 7.80. The number of likely N-dealkylation sites (tertiary alicyclic amines) is 1. The van der Waals surface area contributed by atoms with Crippen molar-refractivity contribution in [2.75, 3.05) is 39.0 Å². The first kappa shape index (κ1) is 20.7. The van der Waals surface area contributed by atoms with Crippen LogP contribution in [0.2, 0.25) is 0 Å². The number of nitrogens with one attached hydrogen (secondary N) is 2. The van der Waals surface area contributed by atoms with Gasteiger partial charge < -0.3 is 10.2 Å². The maximum absolute atomic E-state index is 11.2. The van der Waals surface area contributed by atoms with Crippen LogP contribution in [0, 0.1) is 5.92 Å². The van der Waals surface area contributed by atoms with E-state index in [1.165, 1.54) is 11.8 Å². The highest BCUT2D eigenvalue weighted by molar-refractivity contribution is 7.88. The van der Waals surface area contributed by atoms with Crippen LogP contribution in [0.3, 0.4) is 0 Å². The molecule has 26 heavy (non-hydrogen) atoms. The van der Waals surface area contributed by atoms with Crippen molar-refractivity contribution in [2.45, 2.75) is 32.6 Å². The van der Waals surface area contributed by atoms with Crippen LogP contribution >= 0.6 is 0 Å². The van der Waals surface area contributed by atoms with Gasteiger partial charge in [0, 0.05) is 26.2 Å². The molecule has 6 nitrogen and oxygen atoms in total. The molecule has 2 rings (SSSR count). The van der Waals surface area contributed by atoms with E-state index in [2.05, 4.69) is 64.1 Å². The Balaban J connectivity index is 2.01. The van der Waals surface area contributed by atoms with Crippen molar-refractivity contribution >= 4 is 16.0 Å². The van der Waals surface area contributed by atoms with Crippen LogP contribution < -0.4 is 10.0 Å². The molecule has 1 aliphatic heterocycles. The van der Waals surface area contributed by atoms with Crippen LogP contribution in [0.25, 0.3) is 0 Å². The summed E-state index contributed by atoms with van der Waals surface area (Å²) < 4.78 is 24.8. The van der Waals surface area contributed by atoms with Gasteiger partial charge in [-0.15, -0.1) is 0 Å². The fraction of sp³-hybridized carbons (Fsp3) is 0.632. The van der Waals surface area contributed by atoms with E-state index < -0.39 is 10.0 Å². The summed E-state index contributed by atoms with van der Waals surface area (Å²) in [6, 6.07) is 10.8. The molecule has 2 unspecified atom stereocenters. The number of nitrogens with zero attached hydrogens (tertiary/aromatic N) is 2. The van der Waals surface area contributed by atoms with E-state index >= 15 is 0 Å². The fourth-order valence-electron chi connectivity index (χ4n) is 3.60. The van der Waals surface area contributed by atoms with Gasteiger partial charge in [-0.1, -0.05) is 43.7 Å². The minimum Gasteiger partial charge on any atom is -0.357 e. The van der Waals surface area contributed by atoms with Crippen molar-refractivity contribution in [3.8, 4) is 0 Å². The molecule has 0 bridgehead atoms. The second-order valence-corrected chi connectivity index (χ2v) is 8.66. The standard InChI is InChI=1S/C19H32N4O2S/c1-4-16-15-23(14-11-18(16)17-9-7-6-8-10-17)19(20-5-2)21-12-13-22-26(3,24)25/h6-10,16,18,22H,4-5,11-15H2,1-3H3,(H,20,21). The summed E-state index contributed by atoms with van der Waals surface area (Å²) >= 11 is 0. The third kappa shape index (κ3) is 6.29. The van der Waals surface area contributed by atoms with Crippen LogP contribution in [-0.4, -0.2) is 58.3 Å². The van der Waals surface area contributed by atoms with E-state index in [4.69, 9.17) is 0 Å². The van der Waals surface area contributed by atoms with Crippen LogP contribution in [-0.2, 0) is 10.0 Å². The second-order valence-electron chi connectivity index (χ2n) is 6.82. The summed E-state index contributed by atoms with van der Waals surface area (Å²) in [5, 5.41) is 3.35. The summed E-state index contributed by atoms with van der Waals surface area (Å²) in [5.41, 5.74) is 1.43. The lowest BCUT2D eigenvalue weighted by atomic mass is 9.79. The number of sulfonamides is 1. The van der Waals surface area contributed by atoms with Gasteiger partial charge in [0.2, 0.25) is 10.0 Å². The molecule has 0 radical (unpaired) electrons. The molecule has 1 saturated heterocycles. The van der Waals surface area contributed by atoms with Crippen molar-refractivity contribution < 1.29 is 8.42 Å². The lowest BCUT2D eigenvalue weighted by Gasteiger charge is -2.40. The van der Waals surface area contributed by atoms with Crippen molar-refractivity contribution in [3.63, 3.8) is 0 Å². The minimum absolute atomic E-state index is 0.325. The maximum Gasteiger partial charge on any atom is 0.208 e. The van der Waals surface area contributed by atoms with Gasteiger partial charge in [-0.05, 0) is 30.7 Å². The Bertz CT molecular complexity index is 676. The molecule has 146 valence electrons. The number of piperidine rings is 1. The van der Waals surface area contributed by atoms with Crippen LogP contribution in [0.4, 0.5) is 0 Å². The average molecular weight is 381 g/mol. The number of hydrogen-bond donors (Lipinski definition) is 2. The van der Waals surface area contributed by atoms with Gasteiger partial charge >= 0.3 is 0 Å². The summed E-state index contributed by atoms with van der Waals surface area (Å²) in [4.78, 5) is 6.93. The Kier molecular flexibility index (Phi) is 7.90. The number of benzene rings is 1. The third-order valence-corrected chi connectivity index (χ3v) is 5.59. The first-order valence-corrected chi connectivity index (χ1v) is 11.4. The van der Waals surface area contributed by atoms with Gasteiger partial charge in [-0.25, -0.2) is 13.1 Å². The van der Waals surface area contributed by atoms with Gasteiger partial charge in [0.25, 0.3) is 0 Å². The highest BCUT2D eigenvalue weighted by Gasteiger charge is 2.30. The highest BCUT2D eigenvalue weighted by atomic mass is 32.2. The normalized spacial score (nSPS) is 21.7. The van der Waals surface area contributed by atoms with E-state index in [9.17, 15) is 8.42 Å². The molecular formula is C19H32N4O2S. The predicted molar refractivity (Wildman–Crippen MR) is 108 cm³/mol. The van der Waals surface area contributed by atoms with Gasteiger partial charge in [-0.3, -0.25) is 4.99 Å². The fourth-order valence-corrected chi connectivity index (χ4v) is 4.06. The largest absolute Gasteiger partial charge is 0.357 e. The molecule has 2 N–H and O–H groups in total. The summed E-state index contributed by atoms with van der Waals surface area (Å²) in [5.74, 6) is 2.06. The maximum atomic E-state index is 11.2. The zero-order chi connectivity index (χ0) is 19.0. The number of aliphatic imine (C=N–C) groups is 1. The SMILES string of the molecule is CCNC(=NCCNS(C)(=O)=O)N1CCC(c2ccccc2)C(CC)C1. The predicted octanol–water partition coefficient (Wildman–Crippen LogP) is 2.02. The average Bonchev–Trinajstić information content (AvgIpc) is 2.63. The molecule has 1 aromatic rings. The molecule has 0 amide bonds. The molecule has 2 atom stereocenters. The molecule has 7 heteroatoms. The molecule has 1 heterocycles. The molecule has 1 fully saturated rings. The smallest absolute Gasteiger partial charge is 0.208 e. The first-order valence-electron chi connectivity index (χ1n) is 9.47. The monoisotopic (exact) mass is 380 g/mol. The first-order chi connectivity index (χ1) is 12.4. The third-order valence-electron chi connectivity index (χ3n) is 4.86. The molecule has 0 saturated carbocycles. The molecule has 0 aliphatic carbocycles. The zero-order valence-corrected chi connectivity index (χ0v) is 16.9. The van der Waals surface area contributed by atoms with Gasteiger partial charge in [0.05, 0.1) is 12.8 Å². The Morgan fingerprint density at radius 1 is 1.27 bits per heavy atom. The lowest BCUT2D eigenvalue weighted by molar-refractivity contribution is 0.215. The highest BCUT2D eigenvalue weighted by Crippen LogP contribution is 2.34. The summed E-state index contributed by atoms with van der Waals surface area (Å²) in [6.07, 6.45) is 3.40. The zero-order valence-electron chi connectivity index (χ0n) is 16.1. The van der Waals surface area contributed by atoms with Crippen LogP contribution in [0.5, 0.6) is 0 Å². The Hall–Kier alpha value is -1.60. The molecule has 0 aromatic heterocycles. The van der Waals surface area contributed by atoms with Gasteiger partial charge in [0.15, 0.2) is 5.96 Å². The van der Waals surface area contributed by atoms with Gasteiger partial charge in [-0.2, -0.15) is 0 Å². The van der Waals surface area contributed by atoms with E-state index in [1.54, 1.807) is 0 Å². The molecular weight excluding hydrogens is 348 g/mol.